The third kappa shape index (κ3) is 2.63. The van der Waals surface area contributed by atoms with Crippen LogP contribution in [0.25, 0.3) is 0 Å². The summed E-state index contributed by atoms with van der Waals surface area (Å²) >= 11 is 1.25. The quantitative estimate of drug-likeness (QED) is 0.873. The van der Waals surface area contributed by atoms with Gasteiger partial charge in [0.05, 0.1) is 22.8 Å². The summed E-state index contributed by atoms with van der Waals surface area (Å²) in [7, 11) is 1.85. The van der Waals surface area contributed by atoms with Gasteiger partial charge in [0.15, 0.2) is 5.78 Å². The number of anilines is 2. The lowest BCUT2D eigenvalue weighted by molar-refractivity contribution is 0.102. The van der Waals surface area contributed by atoms with Crippen LogP contribution in [0.3, 0.4) is 0 Å². The maximum absolute atomic E-state index is 11.5. The molecule has 2 aromatic rings. The molecule has 0 aliphatic heterocycles. The first-order valence-corrected chi connectivity index (χ1v) is 6.80. The number of nitrogens with two attached hydrogens (primary N) is 1. The van der Waals surface area contributed by atoms with Gasteiger partial charge in [-0.05, 0) is 12.1 Å². The van der Waals surface area contributed by atoms with Crippen LogP contribution in [0, 0.1) is 11.3 Å². The Bertz CT molecular complexity index is 672. The first-order chi connectivity index (χ1) is 9.54. The van der Waals surface area contributed by atoms with E-state index < -0.39 is 0 Å². The molecule has 0 radical (unpaired) electrons. The summed E-state index contributed by atoms with van der Waals surface area (Å²) in [4.78, 5) is 18.1. The fourth-order valence-electron chi connectivity index (χ4n) is 1.88. The van der Waals surface area contributed by atoms with Gasteiger partial charge in [-0.2, -0.15) is 5.26 Å². The maximum atomic E-state index is 11.5. The second-order valence-corrected chi connectivity index (χ2v) is 5.37. The second-order valence-electron chi connectivity index (χ2n) is 4.37. The zero-order valence-corrected chi connectivity index (χ0v) is 12.1. The van der Waals surface area contributed by atoms with Crippen molar-refractivity contribution in [1.82, 2.24) is 4.98 Å². The van der Waals surface area contributed by atoms with Crippen molar-refractivity contribution in [2.24, 2.45) is 0 Å². The fourth-order valence-corrected chi connectivity index (χ4v) is 2.90. The minimum atomic E-state index is -0.124. The number of Topliss-reactive ketones (excluding diaryl/α,β-unsaturated/α-hetero) is 1. The van der Waals surface area contributed by atoms with Gasteiger partial charge in [-0.1, -0.05) is 6.07 Å². The molecule has 0 spiro atoms. The van der Waals surface area contributed by atoms with Crippen LogP contribution in [0.4, 0.5) is 10.7 Å². The molecule has 2 heterocycles. The Kier molecular flexibility index (Phi) is 4.01. The van der Waals surface area contributed by atoms with E-state index in [0.29, 0.717) is 22.0 Å². The zero-order valence-electron chi connectivity index (χ0n) is 11.3. The van der Waals surface area contributed by atoms with Crippen molar-refractivity contribution in [3.63, 3.8) is 0 Å². The smallest absolute Gasteiger partial charge is 0.171 e. The van der Waals surface area contributed by atoms with Gasteiger partial charge >= 0.3 is 0 Å². The van der Waals surface area contributed by atoms with Gasteiger partial charge in [0.2, 0.25) is 0 Å². The van der Waals surface area contributed by atoms with E-state index in [-0.39, 0.29) is 11.5 Å². The highest BCUT2D eigenvalue weighted by Gasteiger charge is 2.21. The molecule has 0 fully saturated rings. The molecule has 0 unspecified atom stereocenters. The van der Waals surface area contributed by atoms with Crippen molar-refractivity contribution >= 4 is 27.8 Å². The van der Waals surface area contributed by atoms with E-state index in [1.165, 1.54) is 18.3 Å². The van der Waals surface area contributed by atoms with Gasteiger partial charge in [0, 0.05) is 20.2 Å². The van der Waals surface area contributed by atoms with Gasteiger partial charge in [-0.25, -0.2) is 0 Å². The summed E-state index contributed by atoms with van der Waals surface area (Å²) in [6.45, 7) is 2.00. The highest BCUT2D eigenvalue weighted by molar-refractivity contribution is 7.19. The predicted octanol–water partition coefficient (Wildman–Crippen LogP) is 2.44. The number of hydrogen-bond donors (Lipinski definition) is 1. The Hall–Kier alpha value is -2.39. The molecule has 0 aliphatic rings. The number of pyridine rings is 1. The number of aromatic nitrogens is 1. The molecule has 0 saturated heterocycles. The molecule has 2 rings (SSSR count). The van der Waals surface area contributed by atoms with E-state index in [2.05, 4.69) is 11.1 Å². The van der Waals surface area contributed by atoms with Crippen molar-refractivity contribution in [3.05, 3.63) is 40.5 Å². The van der Waals surface area contributed by atoms with E-state index in [1.54, 1.807) is 6.20 Å². The molecule has 0 aliphatic carbocycles. The van der Waals surface area contributed by atoms with Crippen LogP contribution >= 0.6 is 11.3 Å². The zero-order chi connectivity index (χ0) is 14.7. The molecule has 0 amide bonds. The van der Waals surface area contributed by atoms with Crippen LogP contribution in [0.15, 0.2) is 24.4 Å². The average Bonchev–Trinajstić information content (AvgIpc) is 2.77. The van der Waals surface area contributed by atoms with Crippen molar-refractivity contribution in [3.8, 4) is 6.07 Å². The summed E-state index contributed by atoms with van der Waals surface area (Å²) in [6.07, 6.45) is 1.72. The molecule has 6 heteroatoms. The van der Waals surface area contributed by atoms with Crippen LogP contribution in [0.1, 0.15) is 27.9 Å². The Labute approximate surface area is 121 Å². The van der Waals surface area contributed by atoms with Crippen LogP contribution in [0.2, 0.25) is 0 Å². The lowest BCUT2D eigenvalue weighted by Gasteiger charge is -2.17. The SMILES string of the molecule is CC(=O)c1sc(N(C)Cc2ccccn2)c(C#N)c1N. The van der Waals surface area contributed by atoms with Gasteiger partial charge in [0.1, 0.15) is 16.6 Å². The molecule has 5 nitrogen and oxygen atoms in total. The number of hydrogen-bond acceptors (Lipinski definition) is 6. The highest BCUT2D eigenvalue weighted by Crippen LogP contribution is 2.37. The number of nitriles is 1. The van der Waals surface area contributed by atoms with E-state index >= 15 is 0 Å². The minimum absolute atomic E-state index is 0.124. The van der Waals surface area contributed by atoms with Crippen molar-refractivity contribution in [2.75, 3.05) is 17.7 Å². The summed E-state index contributed by atoms with van der Waals surface area (Å²) in [5.74, 6) is -0.124. The fraction of sp³-hybridized carbons (Fsp3) is 0.214. The van der Waals surface area contributed by atoms with E-state index in [4.69, 9.17) is 5.73 Å². The number of carbonyl (C=O) groups excluding carboxylic acids is 1. The molecule has 20 heavy (non-hydrogen) atoms. The van der Waals surface area contributed by atoms with Crippen LogP contribution in [-0.4, -0.2) is 17.8 Å². The van der Waals surface area contributed by atoms with Crippen molar-refractivity contribution < 1.29 is 4.79 Å². The van der Waals surface area contributed by atoms with E-state index in [9.17, 15) is 10.1 Å². The molecule has 102 valence electrons. The third-order valence-corrected chi connectivity index (χ3v) is 4.25. The van der Waals surface area contributed by atoms with E-state index in [1.807, 2.05) is 30.1 Å². The number of rotatable bonds is 4. The topological polar surface area (TPSA) is 83.0 Å². The van der Waals surface area contributed by atoms with Crippen LogP contribution in [-0.2, 0) is 6.54 Å². The summed E-state index contributed by atoms with van der Waals surface area (Å²) in [5.41, 5.74) is 7.39. The number of carbonyl (C=O) groups is 1. The van der Waals surface area contributed by atoms with Crippen LogP contribution in [0.5, 0.6) is 0 Å². The third-order valence-electron chi connectivity index (χ3n) is 2.83. The molecule has 0 bridgehead atoms. The molecule has 0 atom stereocenters. The standard InChI is InChI=1S/C14H14N4OS/c1-9(19)13-12(16)11(7-15)14(20-13)18(2)8-10-5-3-4-6-17-10/h3-6H,8,16H2,1-2H3. The summed E-state index contributed by atoms with van der Waals surface area (Å²) in [6, 6.07) is 7.74. The highest BCUT2D eigenvalue weighted by atomic mass is 32.1. The maximum Gasteiger partial charge on any atom is 0.171 e. The lowest BCUT2D eigenvalue weighted by Crippen LogP contribution is -2.16. The van der Waals surface area contributed by atoms with Gasteiger partial charge in [-0.3, -0.25) is 9.78 Å². The number of nitrogens with zero attached hydrogens (tertiary/aromatic N) is 3. The molecule has 0 saturated carbocycles. The summed E-state index contributed by atoms with van der Waals surface area (Å²) < 4.78 is 0. The molecular formula is C14H14N4OS. The molecule has 2 aromatic heterocycles. The minimum Gasteiger partial charge on any atom is -0.396 e. The first kappa shape index (κ1) is 14.0. The average molecular weight is 286 g/mol. The van der Waals surface area contributed by atoms with Gasteiger partial charge in [0.25, 0.3) is 0 Å². The van der Waals surface area contributed by atoms with Crippen molar-refractivity contribution in [1.29, 1.82) is 5.26 Å². The van der Waals surface area contributed by atoms with Crippen molar-refractivity contribution in [2.45, 2.75) is 13.5 Å². The number of ketones is 1. The Morgan fingerprint density at radius 2 is 2.30 bits per heavy atom. The van der Waals surface area contributed by atoms with Gasteiger partial charge < -0.3 is 10.6 Å². The Balaban J connectivity index is 2.35. The summed E-state index contributed by atoms with van der Waals surface area (Å²) in [5, 5.41) is 9.93. The second kappa shape index (κ2) is 5.72. The lowest BCUT2D eigenvalue weighted by atomic mass is 10.2. The Morgan fingerprint density at radius 3 is 2.85 bits per heavy atom. The van der Waals surface area contributed by atoms with Crippen LogP contribution < -0.4 is 10.6 Å². The normalized spacial score (nSPS) is 10.1. The molecular weight excluding hydrogens is 272 g/mol. The molecule has 0 aromatic carbocycles. The first-order valence-electron chi connectivity index (χ1n) is 5.99. The number of nitrogen functional groups attached to an aromatic ring is 1. The molecule has 2 N–H and O–H groups in total. The van der Waals surface area contributed by atoms with Gasteiger partial charge in [-0.15, -0.1) is 11.3 Å². The van der Waals surface area contributed by atoms with E-state index in [0.717, 1.165) is 5.69 Å². The Morgan fingerprint density at radius 1 is 1.55 bits per heavy atom. The predicted molar refractivity (Wildman–Crippen MR) is 79.8 cm³/mol. The monoisotopic (exact) mass is 286 g/mol. The number of thiophene rings is 1. The largest absolute Gasteiger partial charge is 0.396 e.